The van der Waals surface area contributed by atoms with Gasteiger partial charge in [-0.1, -0.05) is 38.0 Å². The van der Waals surface area contributed by atoms with Crippen molar-refractivity contribution in [3.05, 3.63) is 29.8 Å². The largest absolute Gasteiger partial charge is 0.454 e. The van der Waals surface area contributed by atoms with Crippen molar-refractivity contribution in [2.45, 2.75) is 52.1 Å². The summed E-state index contributed by atoms with van der Waals surface area (Å²) in [6.07, 6.45) is 9.43. The summed E-state index contributed by atoms with van der Waals surface area (Å²) in [5.41, 5.74) is 1.07. The zero-order valence-corrected chi connectivity index (χ0v) is 14.5. The second-order valence-corrected chi connectivity index (χ2v) is 7.39. The molecule has 0 saturated heterocycles. The molecule has 2 aliphatic rings. The molecule has 1 heterocycles. The summed E-state index contributed by atoms with van der Waals surface area (Å²) >= 11 is 0. The lowest BCUT2D eigenvalue weighted by atomic mass is 9.75. The van der Waals surface area contributed by atoms with Gasteiger partial charge in [-0.15, -0.1) is 0 Å². The van der Waals surface area contributed by atoms with Gasteiger partial charge in [0.05, 0.1) is 12.2 Å². The quantitative estimate of drug-likeness (QED) is 0.761. The van der Waals surface area contributed by atoms with E-state index in [1.807, 2.05) is 18.2 Å². The third-order valence-electron chi connectivity index (χ3n) is 5.26. The van der Waals surface area contributed by atoms with Crippen LogP contribution < -0.4 is 9.47 Å². The highest BCUT2D eigenvalue weighted by atomic mass is 16.7. The van der Waals surface area contributed by atoms with Gasteiger partial charge in [-0.3, -0.25) is 0 Å². The molecular formula is C20H28O3. The highest BCUT2D eigenvalue weighted by Crippen LogP contribution is 2.37. The molecule has 126 valence electrons. The molecule has 0 spiro atoms. The van der Waals surface area contributed by atoms with E-state index in [2.05, 4.69) is 32.9 Å². The van der Waals surface area contributed by atoms with Crippen molar-refractivity contribution >= 4 is 6.08 Å². The van der Waals surface area contributed by atoms with Crippen LogP contribution in [0.4, 0.5) is 0 Å². The first-order valence-corrected chi connectivity index (χ1v) is 8.75. The predicted octanol–water partition coefficient (Wildman–Crippen LogP) is 5.05. The van der Waals surface area contributed by atoms with E-state index in [1.54, 1.807) is 0 Å². The number of benzene rings is 1. The normalized spacial score (nSPS) is 24.3. The molecule has 1 aliphatic heterocycles. The second-order valence-electron chi connectivity index (χ2n) is 7.39. The number of rotatable bonds is 5. The molecule has 0 N–H and O–H groups in total. The lowest BCUT2D eigenvalue weighted by Gasteiger charge is -2.38. The fraction of sp³-hybridized carbons (Fsp3) is 0.600. The third kappa shape index (κ3) is 4.08. The Morgan fingerprint density at radius 3 is 2.65 bits per heavy atom. The van der Waals surface area contributed by atoms with E-state index in [4.69, 9.17) is 14.2 Å². The first-order chi connectivity index (χ1) is 11.0. The third-order valence-corrected chi connectivity index (χ3v) is 5.26. The van der Waals surface area contributed by atoms with Crippen molar-refractivity contribution in [1.29, 1.82) is 0 Å². The average Bonchev–Trinajstić information content (AvgIpc) is 3.00. The molecule has 3 rings (SSSR count). The molecule has 3 heteroatoms. The Morgan fingerprint density at radius 1 is 1.13 bits per heavy atom. The summed E-state index contributed by atoms with van der Waals surface area (Å²) < 4.78 is 16.9. The Kier molecular flexibility index (Phi) is 4.96. The van der Waals surface area contributed by atoms with Crippen LogP contribution in [0, 0.1) is 11.8 Å². The zero-order valence-electron chi connectivity index (χ0n) is 14.5. The second kappa shape index (κ2) is 6.96. The summed E-state index contributed by atoms with van der Waals surface area (Å²) in [6.45, 7) is 7.80. The minimum absolute atomic E-state index is 0.0423. The minimum Gasteiger partial charge on any atom is -0.454 e. The maximum atomic E-state index is 6.18. The highest BCUT2D eigenvalue weighted by Gasteiger charge is 2.32. The monoisotopic (exact) mass is 316 g/mol. The van der Waals surface area contributed by atoms with Crippen molar-refractivity contribution in [3.8, 4) is 11.5 Å². The lowest BCUT2D eigenvalue weighted by molar-refractivity contribution is -0.0607. The van der Waals surface area contributed by atoms with Crippen LogP contribution in [0.2, 0.25) is 0 Å². The molecule has 1 aliphatic carbocycles. The number of hydrogen-bond acceptors (Lipinski definition) is 3. The maximum Gasteiger partial charge on any atom is 0.231 e. The van der Waals surface area contributed by atoms with Crippen LogP contribution in [0.1, 0.15) is 52.0 Å². The number of hydrogen-bond donors (Lipinski definition) is 0. The van der Waals surface area contributed by atoms with Crippen LogP contribution >= 0.6 is 0 Å². The number of ether oxygens (including phenoxy) is 3. The van der Waals surface area contributed by atoms with Gasteiger partial charge in [0.15, 0.2) is 11.5 Å². The first kappa shape index (κ1) is 16.4. The van der Waals surface area contributed by atoms with Crippen LogP contribution in [0.25, 0.3) is 6.08 Å². The summed E-state index contributed by atoms with van der Waals surface area (Å²) in [5.74, 6) is 3.21. The van der Waals surface area contributed by atoms with E-state index in [0.29, 0.717) is 19.3 Å². The van der Waals surface area contributed by atoms with E-state index in [1.165, 1.54) is 25.7 Å². The van der Waals surface area contributed by atoms with Gasteiger partial charge in [-0.2, -0.15) is 0 Å². The minimum atomic E-state index is -0.0423. The molecule has 1 aromatic carbocycles. The van der Waals surface area contributed by atoms with Gasteiger partial charge in [0.2, 0.25) is 6.79 Å². The molecule has 1 aromatic rings. The van der Waals surface area contributed by atoms with Crippen LogP contribution in [0.15, 0.2) is 24.3 Å². The van der Waals surface area contributed by atoms with Gasteiger partial charge in [-0.05, 0) is 56.2 Å². The van der Waals surface area contributed by atoms with Gasteiger partial charge in [0.25, 0.3) is 0 Å². The fourth-order valence-corrected chi connectivity index (χ4v) is 3.54. The molecule has 0 amide bonds. The Hall–Kier alpha value is -1.48. The molecule has 0 radical (unpaired) electrons. The topological polar surface area (TPSA) is 27.7 Å². The molecule has 0 atom stereocenters. The summed E-state index contributed by atoms with van der Waals surface area (Å²) in [7, 11) is 0. The molecule has 0 unspecified atom stereocenters. The number of fused-ring (bicyclic) bond motifs is 1. The van der Waals surface area contributed by atoms with Crippen molar-refractivity contribution in [2.24, 2.45) is 11.8 Å². The van der Waals surface area contributed by atoms with Crippen LogP contribution in [0.5, 0.6) is 11.5 Å². The van der Waals surface area contributed by atoms with Crippen molar-refractivity contribution < 1.29 is 14.2 Å². The smallest absolute Gasteiger partial charge is 0.231 e. The van der Waals surface area contributed by atoms with Gasteiger partial charge < -0.3 is 14.2 Å². The first-order valence-electron chi connectivity index (χ1n) is 8.75. The van der Waals surface area contributed by atoms with Crippen molar-refractivity contribution in [1.82, 2.24) is 0 Å². The van der Waals surface area contributed by atoms with Crippen LogP contribution in [-0.4, -0.2) is 19.0 Å². The molecule has 23 heavy (non-hydrogen) atoms. The maximum absolute atomic E-state index is 6.18. The Bertz CT molecular complexity index is 554. The summed E-state index contributed by atoms with van der Waals surface area (Å²) in [5, 5.41) is 0. The predicted molar refractivity (Wildman–Crippen MR) is 92.8 cm³/mol. The van der Waals surface area contributed by atoms with Gasteiger partial charge in [0.1, 0.15) is 0 Å². The van der Waals surface area contributed by atoms with Crippen molar-refractivity contribution in [2.75, 3.05) is 13.4 Å². The molecule has 3 nitrogen and oxygen atoms in total. The van der Waals surface area contributed by atoms with E-state index in [-0.39, 0.29) is 5.60 Å². The van der Waals surface area contributed by atoms with Gasteiger partial charge >= 0.3 is 0 Å². The van der Waals surface area contributed by atoms with Gasteiger partial charge in [-0.25, -0.2) is 0 Å². The molecule has 0 aromatic heterocycles. The molecular weight excluding hydrogens is 288 g/mol. The van der Waals surface area contributed by atoms with Gasteiger partial charge in [0, 0.05) is 0 Å². The van der Waals surface area contributed by atoms with E-state index < -0.39 is 0 Å². The molecule has 1 saturated carbocycles. The van der Waals surface area contributed by atoms with Crippen molar-refractivity contribution in [3.63, 3.8) is 0 Å². The van der Waals surface area contributed by atoms with E-state index in [9.17, 15) is 0 Å². The average molecular weight is 316 g/mol. The van der Waals surface area contributed by atoms with E-state index >= 15 is 0 Å². The lowest BCUT2D eigenvalue weighted by Crippen LogP contribution is -2.36. The Labute approximate surface area is 139 Å². The summed E-state index contributed by atoms with van der Waals surface area (Å²) in [6, 6.07) is 6.00. The van der Waals surface area contributed by atoms with Crippen LogP contribution in [-0.2, 0) is 4.74 Å². The van der Waals surface area contributed by atoms with E-state index in [0.717, 1.165) is 23.0 Å². The fourth-order valence-electron chi connectivity index (χ4n) is 3.54. The Morgan fingerprint density at radius 2 is 1.87 bits per heavy atom. The highest BCUT2D eigenvalue weighted by molar-refractivity contribution is 5.56. The molecule has 1 fully saturated rings. The SMILES string of the molecule is CC1CCC(C(C)(C)OC/C=C/c2ccc3c(c2)OCO3)CC1. The van der Waals surface area contributed by atoms with Crippen LogP contribution in [0.3, 0.4) is 0 Å². The molecule has 0 bridgehead atoms. The zero-order chi connectivity index (χ0) is 16.3. The standard InChI is InChI=1S/C20H28O3/c1-15-6-9-17(10-7-15)20(2,3)23-12-4-5-16-8-11-18-19(13-16)22-14-21-18/h4-5,8,11,13,15,17H,6-7,9-10,12,14H2,1-3H3/b5-4+. The Balaban J connectivity index is 1.50. The summed E-state index contributed by atoms with van der Waals surface area (Å²) in [4.78, 5) is 0.